The van der Waals surface area contributed by atoms with Gasteiger partial charge >= 0.3 is 0 Å². The van der Waals surface area contributed by atoms with E-state index in [2.05, 4.69) is 108 Å². The molecule has 4 nitrogen and oxygen atoms in total. The van der Waals surface area contributed by atoms with E-state index in [9.17, 15) is 4.79 Å². The lowest BCUT2D eigenvalue weighted by atomic mass is 9.95. The highest BCUT2D eigenvalue weighted by molar-refractivity contribution is 6.27. The van der Waals surface area contributed by atoms with Gasteiger partial charge in [0.2, 0.25) is 5.43 Å². The Hall–Kier alpha value is -6.39. The van der Waals surface area contributed by atoms with E-state index in [0.717, 1.165) is 60.9 Å². The fourth-order valence-corrected chi connectivity index (χ4v) is 7.32. The summed E-state index contributed by atoms with van der Waals surface area (Å²) < 4.78 is 15.0. The molecule has 220 valence electrons. The second kappa shape index (κ2) is 9.80. The normalized spacial score (nSPS) is 11.9. The fraction of sp³-hybridized carbons (Fsp3) is 0. The van der Waals surface area contributed by atoms with E-state index in [1.807, 2.05) is 48.5 Å². The molecular formula is C43H25NO3. The van der Waals surface area contributed by atoms with Crippen molar-refractivity contribution in [2.24, 2.45) is 0 Å². The summed E-state index contributed by atoms with van der Waals surface area (Å²) in [6, 6.07) is 51.4. The second-order valence-electron chi connectivity index (χ2n) is 12.0. The predicted molar refractivity (Wildman–Crippen MR) is 192 cm³/mol. The molecule has 0 aliphatic heterocycles. The van der Waals surface area contributed by atoms with E-state index in [4.69, 9.17) is 8.83 Å². The van der Waals surface area contributed by atoms with E-state index in [0.29, 0.717) is 21.9 Å². The molecule has 4 heteroatoms. The molecule has 7 aromatic carbocycles. The maximum Gasteiger partial charge on any atom is 0.201 e. The van der Waals surface area contributed by atoms with Crippen LogP contribution in [-0.4, -0.2) is 4.57 Å². The third-order valence-corrected chi connectivity index (χ3v) is 9.40. The van der Waals surface area contributed by atoms with Crippen LogP contribution < -0.4 is 5.43 Å². The van der Waals surface area contributed by atoms with Crippen LogP contribution in [0.3, 0.4) is 0 Å². The molecule has 0 aliphatic rings. The molecule has 10 rings (SSSR count). The average molecular weight is 604 g/mol. The number of hydrogen-bond acceptors (Lipinski definition) is 3. The molecule has 0 spiro atoms. The summed E-state index contributed by atoms with van der Waals surface area (Å²) in [6.45, 7) is 0. The Balaban J connectivity index is 1.19. The predicted octanol–water partition coefficient (Wildman–Crippen LogP) is 11.3. The first-order chi connectivity index (χ1) is 23.2. The maximum atomic E-state index is 13.7. The summed E-state index contributed by atoms with van der Waals surface area (Å²) in [7, 11) is 0. The molecule has 0 fully saturated rings. The summed E-state index contributed by atoms with van der Waals surface area (Å²) in [4.78, 5) is 13.7. The first-order valence-electron chi connectivity index (χ1n) is 15.7. The van der Waals surface area contributed by atoms with Crippen molar-refractivity contribution in [2.45, 2.75) is 0 Å². The molecule has 3 aromatic heterocycles. The zero-order valence-electron chi connectivity index (χ0n) is 25.1. The average Bonchev–Trinajstić information content (AvgIpc) is 3.67. The van der Waals surface area contributed by atoms with Crippen LogP contribution in [0.15, 0.2) is 165 Å². The molecule has 0 amide bonds. The summed E-state index contributed by atoms with van der Waals surface area (Å²) in [5.74, 6) is 0. The van der Waals surface area contributed by atoms with Crippen LogP contribution in [0.1, 0.15) is 0 Å². The minimum atomic E-state index is -0.0205. The Bertz CT molecular complexity index is 2930. The molecule has 0 atom stereocenters. The third kappa shape index (κ3) is 3.79. The Labute approximate surface area is 268 Å². The van der Waals surface area contributed by atoms with Crippen molar-refractivity contribution >= 4 is 65.7 Å². The molecule has 0 saturated heterocycles. The number of rotatable bonds is 3. The lowest BCUT2D eigenvalue weighted by Gasteiger charge is -2.10. The first kappa shape index (κ1) is 25.9. The van der Waals surface area contributed by atoms with Crippen molar-refractivity contribution in [3.05, 3.63) is 162 Å². The largest absolute Gasteiger partial charge is 0.456 e. The summed E-state index contributed by atoms with van der Waals surface area (Å²) in [5, 5.41) is 5.73. The van der Waals surface area contributed by atoms with Gasteiger partial charge in [0, 0.05) is 27.2 Å². The number of para-hydroxylation sites is 3. The van der Waals surface area contributed by atoms with Gasteiger partial charge in [0.25, 0.3) is 0 Å². The lowest BCUT2D eigenvalue weighted by molar-refractivity contribution is 0.660. The summed E-state index contributed by atoms with van der Waals surface area (Å²) in [5.41, 5.74) is 10.2. The minimum absolute atomic E-state index is 0.0205. The smallest absolute Gasteiger partial charge is 0.201 e. The lowest BCUT2D eigenvalue weighted by Crippen LogP contribution is -2.03. The highest BCUT2D eigenvalue weighted by atomic mass is 16.3. The van der Waals surface area contributed by atoms with E-state index < -0.39 is 0 Å². The molecule has 0 N–H and O–H groups in total. The SMILES string of the molecule is O=c1c2ccccc2oc2cccc(-c3cccc(-c4ccc5oc6ccc7c(c8ccccc8n7-c7ccccc7)c6c5c4)c3)c12. The highest BCUT2D eigenvalue weighted by Crippen LogP contribution is 2.42. The zero-order valence-corrected chi connectivity index (χ0v) is 25.1. The molecule has 10 aromatic rings. The quantitative estimate of drug-likeness (QED) is 0.189. The van der Waals surface area contributed by atoms with Gasteiger partial charge in [0.1, 0.15) is 22.3 Å². The van der Waals surface area contributed by atoms with Crippen LogP contribution in [-0.2, 0) is 0 Å². The maximum absolute atomic E-state index is 13.7. The van der Waals surface area contributed by atoms with E-state index in [1.54, 1.807) is 0 Å². The monoisotopic (exact) mass is 603 g/mol. The van der Waals surface area contributed by atoms with Crippen molar-refractivity contribution in [3.63, 3.8) is 0 Å². The van der Waals surface area contributed by atoms with Gasteiger partial charge in [-0.1, -0.05) is 84.9 Å². The van der Waals surface area contributed by atoms with Gasteiger partial charge in [-0.2, -0.15) is 0 Å². The molecule has 0 aliphatic carbocycles. The van der Waals surface area contributed by atoms with Gasteiger partial charge < -0.3 is 13.4 Å². The Morgan fingerprint density at radius 3 is 1.96 bits per heavy atom. The van der Waals surface area contributed by atoms with E-state index in [1.165, 1.54) is 10.8 Å². The van der Waals surface area contributed by atoms with Crippen LogP contribution in [0.4, 0.5) is 0 Å². The van der Waals surface area contributed by atoms with E-state index >= 15 is 0 Å². The Morgan fingerprint density at radius 2 is 1.06 bits per heavy atom. The van der Waals surface area contributed by atoms with Crippen molar-refractivity contribution < 1.29 is 8.83 Å². The molecule has 0 radical (unpaired) electrons. The number of fused-ring (bicyclic) bond motifs is 9. The number of benzene rings is 7. The Morgan fingerprint density at radius 1 is 0.404 bits per heavy atom. The van der Waals surface area contributed by atoms with Crippen LogP contribution in [0.2, 0.25) is 0 Å². The third-order valence-electron chi connectivity index (χ3n) is 9.40. The van der Waals surface area contributed by atoms with Gasteiger partial charge in [-0.05, 0) is 89.0 Å². The standard InChI is InChI=1S/C43H25NO3/c45-43-32-15-5-7-18-36(32)46-38-19-9-16-30(42(38)43)28-11-8-10-26(24-28)27-20-22-37-33(25-27)41-39(47-37)23-21-35-40(41)31-14-4-6-17-34(31)44(35)29-12-2-1-3-13-29/h1-25H. The first-order valence-corrected chi connectivity index (χ1v) is 15.7. The second-order valence-corrected chi connectivity index (χ2v) is 12.0. The van der Waals surface area contributed by atoms with Gasteiger partial charge in [0.15, 0.2) is 0 Å². The van der Waals surface area contributed by atoms with Gasteiger partial charge in [0.05, 0.1) is 21.8 Å². The molecule has 0 unspecified atom stereocenters. The van der Waals surface area contributed by atoms with Crippen LogP contribution in [0, 0.1) is 0 Å². The van der Waals surface area contributed by atoms with Crippen LogP contribution >= 0.6 is 0 Å². The topological polar surface area (TPSA) is 48.3 Å². The summed E-state index contributed by atoms with van der Waals surface area (Å²) in [6.07, 6.45) is 0. The van der Waals surface area contributed by atoms with Gasteiger partial charge in [-0.3, -0.25) is 4.79 Å². The highest BCUT2D eigenvalue weighted by Gasteiger charge is 2.19. The number of hydrogen-bond donors (Lipinski definition) is 0. The van der Waals surface area contributed by atoms with Crippen molar-refractivity contribution in [1.29, 1.82) is 0 Å². The number of aromatic nitrogens is 1. The number of furan rings is 1. The molecule has 0 saturated carbocycles. The van der Waals surface area contributed by atoms with Crippen LogP contribution in [0.5, 0.6) is 0 Å². The Kier molecular flexibility index (Phi) is 5.40. The van der Waals surface area contributed by atoms with Crippen molar-refractivity contribution in [3.8, 4) is 27.9 Å². The minimum Gasteiger partial charge on any atom is -0.456 e. The van der Waals surface area contributed by atoms with Gasteiger partial charge in [-0.15, -0.1) is 0 Å². The fourth-order valence-electron chi connectivity index (χ4n) is 7.32. The number of nitrogens with zero attached hydrogens (tertiary/aromatic N) is 1. The molecular weight excluding hydrogens is 578 g/mol. The molecule has 47 heavy (non-hydrogen) atoms. The van der Waals surface area contributed by atoms with Gasteiger partial charge in [-0.25, -0.2) is 0 Å². The summed E-state index contributed by atoms with van der Waals surface area (Å²) >= 11 is 0. The van der Waals surface area contributed by atoms with E-state index in [-0.39, 0.29) is 5.43 Å². The molecule has 0 bridgehead atoms. The zero-order chi connectivity index (χ0) is 31.1. The van der Waals surface area contributed by atoms with Crippen molar-refractivity contribution in [2.75, 3.05) is 0 Å². The van der Waals surface area contributed by atoms with Crippen molar-refractivity contribution in [1.82, 2.24) is 4.57 Å². The van der Waals surface area contributed by atoms with Crippen LogP contribution in [0.25, 0.3) is 93.6 Å². The molecule has 3 heterocycles.